The van der Waals surface area contributed by atoms with Gasteiger partial charge in [0.15, 0.2) is 0 Å². The van der Waals surface area contributed by atoms with Crippen LogP contribution in [0.15, 0.2) is 29.2 Å². The van der Waals surface area contributed by atoms with Crippen molar-refractivity contribution < 1.29 is 22.0 Å². The lowest BCUT2D eigenvalue weighted by Crippen LogP contribution is -2.37. The highest BCUT2D eigenvalue weighted by Gasteiger charge is 2.29. The van der Waals surface area contributed by atoms with Gasteiger partial charge in [-0.1, -0.05) is 12.1 Å². The van der Waals surface area contributed by atoms with Crippen molar-refractivity contribution >= 4 is 21.4 Å². The van der Waals surface area contributed by atoms with Crippen molar-refractivity contribution in [2.45, 2.75) is 23.6 Å². The van der Waals surface area contributed by atoms with Gasteiger partial charge in [0.1, 0.15) is 6.04 Å². The molecule has 1 aromatic carbocycles. The maximum Gasteiger partial charge on any atom is 0.341 e. The van der Waals surface area contributed by atoms with Gasteiger partial charge in [-0.15, -0.1) is 0 Å². The average molecular weight is 306 g/mol. The minimum Gasteiger partial charge on any atom is -0.373 e. The number of anilines is 1. The Balaban J connectivity index is 3.13. The zero-order chi connectivity index (χ0) is 15.5. The van der Waals surface area contributed by atoms with Gasteiger partial charge in [0.25, 0.3) is 0 Å². The van der Waals surface area contributed by atoms with Gasteiger partial charge < -0.3 is 10.2 Å². The first kappa shape index (κ1) is 16.4. The fourth-order valence-corrected chi connectivity index (χ4v) is 2.51. The number of carbonyl (C=O) groups is 1. The van der Waals surface area contributed by atoms with Crippen LogP contribution < -0.4 is 5.32 Å². The minimum absolute atomic E-state index is 0.0181. The monoisotopic (exact) mass is 306 g/mol. The number of para-hydroxylation sites is 1. The van der Waals surface area contributed by atoms with E-state index in [2.05, 4.69) is 5.32 Å². The normalized spacial score (nSPS) is 13.1. The van der Waals surface area contributed by atoms with Crippen LogP contribution in [0.5, 0.6) is 0 Å². The van der Waals surface area contributed by atoms with E-state index in [1.165, 1.54) is 30.0 Å². The minimum atomic E-state index is -4.72. The van der Waals surface area contributed by atoms with Crippen LogP contribution >= 0.6 is 0 Å². The van der Waals surface area contributed by atoms with Gasteiger partial charge in [-0.2, -0.15) is 8.78 Å². The van der Waals surface area contributed by atoms with E-state index in [1.54, 1.807) is 14.1 Å². The summed E-state index contributed by atoms with van der Waals surface area (Å²) in [5.74, 6) is -3.81. The topological polar surface area (TPSA) is 66.5 Å². The molecule has 0 heterocycles. The van der Waals surface area contributed by atoms with E-state index in [1.807, 2.05) is 0 Å². The Morgan fingerprint density at radius 3 is 2.30 bits per heavy atom. The molecule has 0 aromatic heterocycles. The molecule has 0 aliphatic heterocycles. The number of benzene rings is 1. The molecule has 0 radical (unpaired) electrons. The molecule has 1 aromatic rings. The molecule has 0 saturated carbocycles. The predicted molar refractivity (Wildman–Crippen MR) is 71.4 cm³/mol. The largest absolute Gasteiger partial charge is 0.373 e. The second kappa shape index (κ2) is 6.17. The van der Waals surface area contributed by atoms with Crippen molar-refractivity contribution in [1.29, 1.82) is 0 Å². The lowest BCUT2D eigenvalue weighted by atomic mass is 10.2. The summed E-state index contributed by atoms with van der Waals surface area (Å²) < 4.78 is 48.3. The molecule has 8 heteroatoms. The Bertz CT molecular complexity index is 588. The molecular weight excluding hydrogens is 290 g/mol. The van der Waals surface area contributed by atoms with Gasteiger partial charge in [-0.3, -0.25) is 4.79 Å². The molecule has 0 aliphatic rings. The summed E-state index contributed by atoms with van der Waals surface area (Å²) in [4.78, 5) is 12.5. The number of carbonyl (C=O) groups excluding carboxylic acids is 1. The maximum atomic E-state index is 12.6. The van der Waals surface area contributed by atoms with Crippen LogP contribution in [0, 0.1) is 0 Å². The number of amides is 1. The number of nitrogens with one attached hydrogen (secondary N) is 1. The molecule has 20 heavy (non-hydrogen) atoms. The molecule has 0 aliphatic carbocycles. The molecule has 0 spiro atoms. The quantitative estimate of drug-likeness (QED) is 0.897. The molecule has 1 N–H and O–H groups in total. The molecular formula is C12H16F2N2O3S. The van der Waals surface area contributed by atoms with E-state index in [0.29, 0.717) is 0 Å². The lowest BCUT2D eigenvalue weighted by Gasteiger charge is -2.20. The highest BCUT2D eigenvalue weighted by Crippen LogP contribution is 2.26. The van der Waals surface area contributed by atoms with Crippen LogP contribution in [0.25, 0.3) is 0 Å². The van der Waals surface area contributed by atoms with Gasteiger partial charge in [0.05, 0.1) is 10.6 Å². The molecule has 5 nitrogen and oxygen atoms in total. The van der Waals surface area contributed by atoms with Crippen LogP contribution in [0.3, 0.4) is 0 Å². The Morgan fingerprint density at radius 2 is 1.80 bits per heavy atom. The summed E-state index contributed by atoms with van der Waals surface area (Å²) >= 11 is 0. The van der Waals surface area contributed by atoms with Crippen molar-refractivity contribution in [2.24, 2.45) is 0 Å². The first-order valence-electron chi connectivity index (χ1n) is 5.76. The summed E-state index contributed by atoms with van der Waals surface area (Å²) in [6.07, 6.45) is 0. The van der Waals surface area contributed by atoms with Gasteiger partial charge in [-0.25, -0.2) is 8.42 Å². The highest BCUT2D eigenvalue weighted by atomic mass is 32.2. The predicted octanol–water partition coefficient (Wildman–Crippen LogP) is 1.57. The molecule has 1 unspecified atom stereocenters. The van der Waals surface area contributed by atoms with Gasteiger partial charge >= 0.3 is 5.76 Å². The standard InChI is InChI=1S/C12H16F2N2O3S/c1-8(11(17)16(2)3)15-9-6-4-5-7-10(9)20(18,19)12(13)14/h4-8,12,15H,1-3H3. The first-order chi connectivity index (χ1) is 9.17. The zero-order valence-electron chi connectivity index (χ0n) is 11.3. The summed E-state index contributed by atoms with van der Waals surface area (Å²) in [7, 11) is -1.63. The number of hydrogen-bond acceptors (Lipinski definition) is 4. The number of nitrogens with zero attached hydrogens (tertiary/aromatic N) is 1. The Morgan fingerprint density at radius 1 is 1.25 bits per heavy atom. The Labute approximate surface area is 116 Å². The highest BCUT2D eigenvalue weighted by molar-refractivity contribution is 7.91. The van der Waals surface area contributed by atoms with Crippen molar-refractivity contribution in [2.75, 3.05) is 19.4 Å². The van der Waals surface area contributed by atoms with Crippen molar-refractivity contribution in [3.63, 3.8) is 0 Å². The molecule has 0 saturated heterocycles. The number of hydrogen-bond donors (Lipinski definition) is 1. The fourth-order valence-electron chi connectivity index (χ4n) is 1.61. The number of halogens is 2. The van der Waals surface area contributed by atoms with E-state index in [9.17, 15) is 22.0 Å². The van der Waals surface area contributed by atoms with E-state index in [0.717, 1.165) is 6.07 Å². The summed E-state index contributed by atoms with van der Waals surface area (Å²) in [5, 5.41) is 2.65. The maximum absolute atomic E-state index is 12.6. The summed E-state index contributed by atoms with van der Waals surface area (Å²) in [6.45, 7) is 1.52. The smallest absolute Gasteiger partial charge is 0.341 e. The van der Waals surface area contributed by atoms with Gasteiger partial charge in [0.2, 0.25) is 15.7 Å². The summed E-state index contributed by atoms with van der Waals surface area (Å²) in [5.41, 5.74) is -0.0181. The molecule has 112 valence electrons. The van der Waals surface area contributed by atoms with Crippen LogP contribution in [0.4, 0.5) is 14.5 Å². The molecule has 1 atom stereocenters. The average Bonchev–Trinajstić information content (AvgIpc) is 2.37. The SMILES string of the molecule is CC(Nc1ccccc1S(=O)(=O)C(F)F)C(=O)N(C)C. The van der Waals surface area contributed by atoms with E-state index in [-0.39, 0.29) is 11.6 Å². The van der Waals surface area contributed by atoms with Crippen molar-refractivity contribution in [3.05, 3.63) is 24.3 Å². The van der Waals surface area contributed by atoms with Gasteiger partial charge in [-0.05, 0) is 19.1 Å². The van der Waals surface area contributed by atoms with Gasteiger partial charge in [0, 0.05) is 14.1 Å². The van der Waals surface area contributed by atoms with Crippen LogP contribution in [-0.4, -0.2) is 45.1 Å². The fraction of sp³-hybridized carbons (Fsp3) is 0.417. The summed E-state index contributed by atoms with van der Waals surface area (Å²) in [6, 6.07) is 4.53. The molecule has 1 amide bonds. The number of alkyl halides is 2. The third-order valence-electron chi connectivity index (χ3n) is 2.61. The zero-order valence-corrected chi connectivity index (χ0v) is 12.1. The van der Waals surface area contributed by atoms with Crippen LogP contribution in [0.1, 0.15) is 6.92 Å². The lowest BCUT2D eigenvalue weighted by molar-refractivity contribution is -0.129. The number of rotatable bonds is 5. The Hall–Kier alpha value is -1.70. The van der Waals surface area contributed by atoms with Crippen LogP contribution in [0.2, 0.25) is 0 Å². The molecule has 0 bridgehead atoms. The van der Waals surface area contributed by atoms with E-state index >= 15 is 0 Å². The number of likely N-dealkylation sites (N-methyl/N-ethyl adjacent to an activating group) is 1. The van der Waals surface area contributed by atoms with Crippen molar-refractivity contribution in [1.82, 2.24) is 4.90 Å². The number of sulfone groups is 1. The second-order valence-electron chi connectivity index (χ2n) is 4.40. The van der Waals surface area contributed by atoms with E-state index in [4.69, 9.17) is 0 Å². The van der Waals surface area contributed by atoms with Crippen LogP contribution in [-0.2, 0) is 14.6 Å². The Kier molecular flexibility index (Phi) is 5.04. The third kappa shape index (κ3) is 3.44. The molecule has 1 rings (SSSR count). The third-order valence-corrected chi connectivity index (χ3v) is 4.05. The van der Waals surface area contributed by atoms with E-state index < -0.39 is 26.5 Å². The molecule has 0 fully saturated rings. The first-order valence-corrected chi connectivity index (χ1v) is 7.31. The second-order valence-corrected chi connectivity index (χ2v) is 6.29. The van der Waals surface area contributed by atoms with Crippen molar-refractivity contribution in [3.8, 4) is 0 Å².